The Morgan fingerprint density at radius 2 is 2.11 bits per heavy atom. The largest absolute Gasteiger partial charge is 0.358 e. The van der Waals surface area contributed by atoms with Crippen molar-refractivity contribution in [2.75, 3.05) is 38.1 Å². The Balaban J connectivity index is 1.93. The topological polar surface area (TPSA) is 45.4 Å². The van der Waals surface area contributed by atoms with Crippen LogP contribution >= 0.6 is 0 Å². The van der Waals surface area contributed by atoms with Crippen molar-refractivity contribution in [3.05, 3.63) is 23.4 Å². The molecule has 1 aromatic heterocycles. The molecule has 1 aliphatic rings. The van der Waals surface area contributed by atoms with Crippen LogP contribution in [0.3, 0.4) is 0 Å². The predicted octanol–water partition coefficient (Wildman–Crippen LogP) is 1.38. The van der Waals surface area contributed by atoms with Crippen LogP contribution in [0.15, 0.2) is 12.3 Å². The van der Waals surface area contributed by atoms with E-state index in [2.05, 4.69) is 34.8 Å². The van der Waals surface area contributed by atoms with E-state index in [1.54, 1.807) is 0 Å². The summed E-state index contributed by atoms with van der Waals surface area (Å²) in [5, 5.41) is 0. The fourth-order valence-electron chi connectivity index (χ4n) is 2.54. The molecular formula is C14H24N4. The highest BCUT2D eigenvalue weighted by Gasteiger charge is 2.13. The highest BCUT2D eigenvalue weighted by atomic mass is 15.2. The Morgan fingerprint density at radius 1 is 1.39 bits per heavy atom. The molecule has 0 saturated carbocycles. The number of likely N-dealkylation sites (tertiary alicyclic amines) is 1. The molecule has 0 aromatic carbocycles. The van der Waals surface area contributed by atoms with Gasteiger partial charge in [0.1, 0.15) is 5.82 Å². The summed E-state index contributed by atoms with van der Waals surface area (Å²) in [5.41, 5.74) is 7.94. The van der Waals surface area contributed by atoms with Crippen LogP contribution in [0, 0.1) is 6.92 Å². The normalized spacial score (nSPS) is 16.2. The van der Waals surface area contributed by atoms with Crippen molar-refractivity contribution in [2.24, 2.45) is 5.73 Å². The highest BCUT2D eigenvalue weighted by Crippen LogP contribution is 2.16. The molecule has 0 bridgehead atoms. The van der Waals surface area contributed by atoms with E-state index in [1.807, 2.05) is 6.20 Å². The lowest BCUT2D eigenvalue weighted by Gasteiger charge is -2.23. The number of rotatable bonds is 5. The van der Waals surface area contributed by atoms with Gasteiger partial charge >= 0.3 is 0 Å². The van der Waals surface area contributed by atoms with Crippen molar-refractivity contribution in [2.45, 2.75) is 26.3 Å². The van der Waals surface area contributed by atoms with Crippen LogP contribution in [0.1, 0.15) is 24.0 Å². The van der Waals surface area contributed by atoms with Crippen LogP contribution in [0.2, 0.25) is 0 Å². The molecule has 0 unspecified atom stereocenters. The van der Waals surface area contributed by atoms with Gasteiger partial charge in [-0.05, 0) is 50.0 Å². The average Bonchev–Trinajstić information content (AvgIpc) is 2.88. The molecule has 2 heterocycles. The molecule has 18 heavy (non-hydrogen) atoms. The van der Waals surface area contributed by atoms with Crippen LogP contribution in [-0.2, 0) is 6.54 Å². The molecule has 1 aliphatic heterocycles. The maximum Gasteiger partial charge on any atom is 0.131 e. The van der Waals surface area contributed by atoms with Gasteiger partial charge in [0.25, 0.3) is 0 Å². The molecule has 0 amide bonds. The Labute approximate surface area is 110 Å². The highest BCUT2D eigenvalue weighted by molar-refractivity contribution is 5.46. The molecule has 1 saturated heterocycles. The van der Waals surface area contributed by atoms with E-state index >= 15 is 0 Å². The van der Waals surface area contributed by atoms with Crippen LogP contribution < -0.4 is 10.6 Å². The molecule has 2 rings (SSSR count). The lowest BCUT2D eigenvalue weighted by Crippen LogP contribution is -2.32. The van der Waals surface area contributed by atoms with Crippen molar-refractivity contribution in [1.82, 2.24) is 9.88 Å². The van der Waals surface area contributed by atoms with Gasteiger partial charge in [-0.3, -0.25) is 0 Å². The summed E-state index contributed by atoms with van der Waals surface area (Å²) in [7, 11) is 2.12. The minimum absolute atomic E-state index is 0.561. The van der Waals surface area contributed by atoms with Gasteiger partial charge < -0.3 is 15.5 Å². The fourth-order valence-corrected chi connectivity index (χ4v) is 2.54. The maximum absolute atomic E-state index is 5.63. The first-order chi connectivity index (χ1) is 8.70. The third-order valence-corrected chi connectivity index (χ3v) is 3.65. The number of aryl methyl sites for hydroxylation is 1. The number of likely N-dealkylation sites (N-methyl/N-ethyl adjacent to an activating group) is 1. The third kappa shape index (κ3) is 3.21. The number of hydrogen-bond donors (Lipinski definition) is 1. The summed E-state index contributed by atoms with van der Waals surface area (Å²) in [6, 6.07) is 2.13. The molecular weight excluding hydrogens is 224 g/mol. The van der Waals surface area contributed by atoms with E-state index in [-0.39, 0.29) is 0 Å². The standard InChI is InChI=1S/C14H24N4/c1-12-9-13(10-15)11-16-14(12)17(2)7-8-18-5-3-4-6-18/h9,11H,3-8,10,15H2,1-2H3. The lowest BCUT2D eigenvalue weighted by molar-refractivity contribution is 0.346. The van der Waals surface area contributed by atoms with Gasteiger partial charge in [-0.2, -0.15) is 0 Å². The summed E-state index contributed by atoms with van der Waals surface area (Å²) in [6.45, 7) is 7.35. The molecule has 0 aliphatic carbocycles. The molecule has 100 valence electrons. The van der Waals surface area contributed by atoms with E-state index in [1.165, 1.54) is 31.5 Å². The first-order valence-electron chi connectivity index (χ1n) is 6.80. The third-order valence-electron chi connectivity index (χ3n) is 3.65. The van der Waals surface area contributed by atoms with Crippen LogP contribution in [0.4, 0.5) is 5.82 Å². The number of hydrogen-bond acceptors (Lipinski definition) is 4. The number of nitrogens with zero attached hydrogens (tertiary/aromatic N) is 3. The first kappa shape index (κ1) is 13.3. The SMILES string of the molecule is Cc1cc(CN)cnc1N(C)CCN1CCCC1. The fraction of sp³-hybridized carbons (Fsp3) is 0.643. The Kier molecular flexibility index (Phi) is 4.55. The minimum atomic E-state index is 0.561. The molecule has 4 nitrogen and oxygen atoms in total. The number of pyridine rings is 1. The second kappa shape index (κ2) is 6.16. The molecule has 4 heteroatoms. The van der Waals surface area contributed by atoms with Gasteiger partial charge in [-0.25, -0.2) is 4.98 Å². The van der Waals surface area contributed by atoms with Gasteiger partial charge in [0.2, 0.25) is 0 Å². The smallest absolute Gasteiger partial charge is 0.131 e. The molecule has 1 aromatic rings. The number of aromatic nitrogens is 1. The zero-order valence-electron chi connectivity index (χ0n) is 11.5. The summed E-state index contributed by atoms with van der Waals surface area (Å²) in [4.78, 5) is 9.29. The number of nitrogens with two attached hydrogens (primary N) is 1. The minimum Gasteiger partial charge on any atom is -0.358 e. The summed E-state index contributed by atoms with van der Waals surface area (Å²) in [5.74, 6) is 1.08. The van der Waals surface area contributed by atoms with Crippen molar-refractivity contribution >= 4 is 5.82 Å². The summed E-state index contributed by atoms with van der Waals surface area (Å²) in [6.07, 6.45) is 4.59. The van der Waals surface area contributed by atoms with Gasteiger partial charge in [-0.1, -0.05) is 0 Å². The van der Waals surface area contributed by atoms with E-state index in [0.717, 1.165) is 24.5 Å². The quantitative estimate of drug-likeness (QED) is 0.855. The second-order valence-electron chi connectivity index (χ2n) is 5.16. The molecule has 2 N–H and O–H groups in total. The maximum atomic E-state index is 5.63. The van der Waals surface area contributed by atoms with Crippen molar-refractivity contribution in [3.63, 3.8) is 0 Å². The van der Waals surface area contributed by atoms with Crippen LogP contribution in [0.5, 0.6) is 0 Å². The van der Waals surface area contributed by atoms with Crippen molar-refractivity contribution in [3.8, 4) is 0 Å². The summed E-state index contributed by atoms with van der Waals surface area (Å²) >= 11 is 0. The van der Waals surface area contributed by atoms with Crippen molar-refractivity contribution in [1.29, 1.82) is 0 Å². The molecule has 0 radical (unpaired) electrons. The van der Waals surface area contributed by atoms with Gasteiger partial charge in [-0.15, -0.1) is 0 Å². The predicted molar refractivity (Wildman–Crippen MR) is 75.8 cm³/mol. The number of anilines is 1. The van der Waals surface area contributed by atoms with Crippen LogP contribution in [0.25, 0.3) is 0 Å². The first-order valence-corrected chi connectivity index (χ1v) is 6.80. The summed E-state index contributed by atoms with van der Waals surface area (Å²) < 4.78 is 0. The van der Waals surface area contributed by atoms with E-state index in [4.69, 9.17) is 5.73 Å². The molecule has 0 atom stereocenters. The van der Waals surface area contributed by atoms with Gasteiger partial charge in [0, 0.05) is 32.9 Å². The lowest BCUT2D eigenvalue weighted by atomic mass is 10.2. The Morgan fingerprint density at radius 3 is 2.72 bits per heavy atom. The van der Waals surface area contributed by atoms with Crippen LogP contribution in [-0.4, -0.2) is 43.1 Å². The second-order valence-corrected chi connectivity index (χ2v) is 5.16. The van der Waals surface area contributed by atoms with E-state index < -0.39 is 0 Å². The zero-order chi connectivity index (χ0) is 13.0. The van der Waals surface area contributed by atoms with E-state index in [9.17, 15) is 0 Å². The van der Waals surface area contributed by atoms with Gasteiger partial charge in [0.05, 0.1) is 0 Å². The zero-order valence-corrected chi connectivity index (χ0v) is 11.5. The molecule has 1 fully saturated rings. The molecule has 0 spiro atoms. The Bertz CT molecular complexity index is 385. The average molecular weight is 248 g/mol. The monoisotopic (exact) mass is 248 g/mol. The Hall–Kier alpha value is -1.13. The van der Waals surface area contributed by atoms with E-state index in [0.29, 0.717) is 6.54 Å². The van der Waals surface area contributed by atoms with Crippen molar-refractivity contribution < 1.29 is 0 Å². The van der Waals surface area contributed by atoms with Gasteiger partial charge in [0.15, 0.2) is 0 Å².